The Hall–Kier alpha value is -3.22. The van der Waals surface area contributed by atoms with Gasteiger partial charge in [-0.1, -0.05) is 46.8 Å². The second kappa shape index (κ2) is 9.52. The van der Waals surface area contributed by atoms with Gasteiger partial charge in [0.15, 0.2) is 0 Å². The zero-order valence-electron chi connectivity index (χ0n) is 17.9. The Labute approximate surface area is 176 Å². The molecule has 2 rings (SSSR count). The summed E-state index contributed by atoms with van der Waals surface area (Å²) in [7, 11) is 0. The van der Waals surface area contributed by atoms with Gasteiger partial charge in [-0.25, -0.2) is 4.39 Å². The highest BCUT2D eigenvalue weighted by Crippen LogP contribution is 2.22. The highest BCUT2D eigenvalue weighted by molar-refractivity contribution is 5.99. The predicted octanol–water partition coefficient (Wildman–Crippen LogP) is 3.34. The van der Waals surface area contributed by atoms with Gasteiger partial charge in [0, 0.05) is 11.1 Å². The van der Waals surface area contributed by atoms with E-state index in [9.17, 15) is 18.8 Å². The molecule has 30 heavy (non-hydrogen) atoms. The predicted molar refractivity (Wildman–Crippen MR) is 113 cm³/mol. The Morgan fingerprint density at radius 3 is 1.80 bits per heavy atom. The zero-order valence-corrected chi connectivity index (χ0v) is 17.9. The fourth-order valence-electron chi connectivity index (χ4n) is 2.75. The summed E-state index contributed by atoms with van der Waals surface area (Å²) in [5.74, 6) is -2.22. The van der Waals surface area contributed by atoms with Gasteiger partial charge in [-0.05, 0) is 53.3 Å². The van der Waals surface area contributed by atoms with Crippen molar-refractivity contribution in [2.45, 2.75) is 46.1 Å². The normalized spacial score (nSPS) is 12.2. The lowest BCUT2D eigenvalue weighted by Crippen LogP contribution is -2.54. The Bertz CT molecular complexity index is 901. The maximum absolute atomic E-state index is 13.0. The molecule has 0 spiro atoms. The van der Waals surface area contributed by atoms with Crippen LogP contribution in [-0.2, 0) is 10.2 Å². The van der Waals surface area contributed by atoms with Crippen molar-refractivity contribution in [1.82, 2.24) is 16.2 Å². The fraction of sp³-hybridized carbons (Fsp3) is 0.348. The van der Waals surface area contributed by atoms with Gasteiger partial charge in [0.1, 0.15) is 11.9 Å². The molecular formula is C23H28FN3O3. The van der Waals surface area contributed by atoms with E-state index in [1.165, 1.54) is 24.3 Å². The first-order valence-electron chi connectivity index (χ1n) is 9.76. The summed E-state index contributed by atoms with van der Waals surface area (Å²) in [5.41, 5.74) is 6.43. The van der Waals surface area contributed by atoms with Gasteiger partial charge in [0.2, 0.25) is 0 Å². The molecule has 3 amide bonds. The second-order valence-electron chi connectivity index (χ2n) is 8.47. The number of benzene rings is 2. The first-order chi connectivity index (χ1) is 14.0. The van der Waals surface area contributed by atoms with E-state index in [4.69, 9.17) is 0 Å². The number of halogens is 1. The molecule has 7 heteroatoms. The molecule has 160 valence electrons. The maximum atomic E-state index is 13.0. The van der Waals surface area contributed by atoms with Crippen LogP contribution in [0.4, 0.5) is 4.39 Å². The lowest BCUT2D eigenvalue weighted by atomic mass is 9.87. The van der Waals surface area contributed by atoms with Crippen LogP contribution in [0.5, 0.6) is 0 Å². The van der Waals surface area contributed by atoms with Crippen molar-refractivity contribution in [3.63, 3.8) is 0 Å². The van der Waals surface area contributed by atoms with Crippen molar-refractivity contribution in [1.29, 1.82) is 0 Å². The number of hydrogen-bond donors (Lipinski definition) is 3. The van der Waals surface area contributed by atoms with Crippen LogP contribution in [0.1, 0.15) is 60.9 Å². The van der Waals surface area contributed by atoms with Crippen molar-refractivity contribution in [3.05, 3.63) is 71.0 Å². The lowest BCUT2D eigenvalue weighted by Gasteiger charge is -2.22. The van der Waals surface area contributed by atoms with Crippen molar-refractivity contribution < 1.29 is 18.8 Å². The molecule has 6 nitrogen and oxygen atoms in total. The van der Waals surface area contributed by atoms with Crippen LogP contribution in [-0.4, -0.2) is 23.8 Å². The molecule has 0 aliphatic heterocycles. The monoisotopic (exact) mass is 413 g/mol. The number of hydrazine groups is 1. The average molecular weight is 413 g/mol. The van der Waals surface area contributed by atoms with Crippen molar-refractivity contribution in [3.8, 4) is 0 Å². The van der Waals surface area contributed by atoms with Crippen molar-refractivity contribution in [2.24, 2.45) is 5.92 Å². The second-order valence-corrected chi connectivity index (χ2v) is 8.47. The van der Waals surface area contributed by atoms with Crippen LogP contribution >= 0.6 is 0 Å². The van der Waals surface area contributed by atoms with Crippen LogP contribution < -0.4 is 16.2 Å². The summed E-state index contributed by atoms with van der Waals surface area (Å²) in [6.45, 7) is 9.77. The molecule has 1 unspecified atom stereocenters. The molecule has 0 saturated heterocycles. The minimum Gasteiger partial charge on any atom is -0.340 e. The van der Waals surface area contributed by atoms with Crippen LogP contribution in [0.3, 0.4) is 0 Å². The molecule has 0 aliphatic rings. The summed E-state index contributed by atoms with van der Waals surface area (Å²) >= 11 is 0. The first-order valence-corrected chi connectivity index (χ1v) is 9.76. The SMILES string of the molecule is CC(C)C(NC(=O)c1ccc(F)cc1)C(=O)NNC(=O)c1ccc(C(C)(C)C)cc1. The van der Waals surface area contributed by atoms with E-state index in [1.54, 1.807) is 26.0 Å². The molecule has 2 aromatic rings. The smallest absolute Gasteiger partial charge is 0.269 e. The minimum absolute atomic E-state index is 0.0313. The summed E-state index contributed by atoms with van der Waals surface area (Å²) in [6.07, 6.45) is 0. The van der Waals surface area contributed by atoms with Crippen LogP contribution in [0, 0.1) is 11.7 Å². The van der Waals surface area contributed by atoms with Gasteiger partial charge in [-0.3, -0.25) is 25.2 Å². The maximum Gasteiger partial charge on any atom is 0.269 e. The average Bonchev–Trinajstić information content (AvgIpc) is 2.69. The van der Waals surface area contributed by atoms with E-state index in [0.29, 0.717) is 5.56 Å². The third kappa shape index (κ3) is 6.14. The van der Waals surface area contributed by atoms with E-state index < -0.39 is 29.6 Å². The van der Waals surface area contributed by atoms with Crippen LogP contribution in [0.2, 0.25) is 0 Å². The molecule has 0 saturated carbocycles. The van der Waals surface area contributed by atoms with Crippen molar-refractivity contribution >= 4 is 17.7 Å². The number of carbonyl (C=O) groups excluding carboxylic acids is 3. The molecule has 3 N–H and O–H groups in total. The van der Waals surface area contributed by atoms with Gasteiger partial charge in [0.05, 0.1) is 0 Å². The third-order valence-corrected chi connectivity index (χ3v) is 4.65. The lowest BCUT2D eigenvalue weighted by molar-refractivity contribution is -0.124. The molecule has 0 fully saturated rings. The zero-order chi connectivity index (χ0) is 22.5. The third-order valence-electron chi connectivity index (χ3n) is 4.65. The summed E-state index contributed by atoms with van der Waals surface area (Å²) in [6, 6.07) is 11.3. The van der Waals surface area contributed by atoms with Crippen LogP contribution in [0.25, 0.3) is 0 Å². The molecule has 2 aromatic carbocycles. The van der Waals surface area contributed by atoms with E-state index >= 15 is 0 Å². The van der Waals surface area contributed by atoms with Gasteiger partial charge in [-0.2, -0.15) is 0 Å². The van der Waals surface area contributed by atoms with Gasteiger partial charge in [0.25, 0.3) is 17.7 Å². The number of carbonyl (C=O) groups is 3. The number of nitrogens with one attached hydrogen (secondary N) is 3. The number of rotatable bonds is 5. The Morgan fingerprint density at radius 2 is 1.30 bits per heavy atom. The van der Waals surface area contributed by atoms with Gasteiger partial charge < -0.3 is 5.32 Å². The molecule has 0 heterocycles. The topological polar surface area (TPSA) is 87.3 Å². The summed E-state index contributed by atoms with van der Waals surface area (Å²) < 4.78 is 13.0. The first kappa shape index (κ1) is 23.1. The standard InChI is InChI=1S/C23H28FN3O3/c1-14(2)19(25-20(28)15-8-12-18(24)13-9-15)22(30)27-26-21(29)16-6-10-17(11-7-16)23(3,4)5/h6-14,19H,1-5H3,(H,25,28)(H,26,29)(H,27,30). The Kier molecular flexibility index (Phi) is 7.32. The highest BCUT2D eigenvalue weighted by atomic mass is 19.1. The van der Waals surface area contributed by atoms with E-state index in [2.05, 4.69) is 36.9 Å². The van der Waals surface area contributed by atoms with Crippen LogP contribution in [0.15, 0.2) is 48.5 Å². The number of hydrogen-bond acceptors (Lipinski definition) is 3. The molecule has 0 aliphatic carbocycles. The molecule has 0 bridgehead atoms. The fourth-order valence-corrected chi connectivity index (χ4v) is 2.75. The van der Waals surface area contributed by atoms with Crippen molar-refractivity contribution in [2.75, 3.05) is 0 Å². The summed E-state index contributed by atoms with van der Waals surface area (Å²) in [5, 5.41) is 2.61. The van der Waals surface area contributed by atoms with Gasteiger partial charge >= 0.3 is 0 Å². The Balaban J connectivity index is 1.98. The quantitative estimate of drug-likeness (QED) is 0.657. The molecule has 0 radical (unpaired) electrons. The molecule has 0 aromatic heterocycles. The largest absolute Gasteiger partial charge is 0.340 e. The number of amides is 3. The Morgan fingerprint density at radius 1 is 0.800 bits per heavy atom. The summed E-state index contributed by atoms with van der Waals surface area (Å²) in [4.78, 5) is 37.2. The van der Waals surface area contributed by atoms with E-state index in [1.807, 2.05) is 12.1 Å². The minimum atomic E-state index is -0.883. The highest BCUT2D eigenvalue weighted by Gasteiger charge is 2.25. The van der Waals surface area contributed by atoms with E-state index in [-0.39, 0.29) is 16.9 Å². The van der Waals surface area contributed by atoms with E-state index in [0.717, 1.165) is 5.56 Å². The van der Waals surface area contributed by atoms with Gasteiger partial charge in [-0.15, -0.1) is 0 Å². The molecule has 1 atom stereocenters. The molecular weight excluding hydrogens is 385 g/mol.